The summed E-state index contributed by atoms with van der Waals surface area (Å²) in [4.78, 5) is 32.6. The molecule has 0 bridgehead atoms. The lowest BCUT2D eigenvalue weighted by atomic mass is 10.1. The first-order chi connectivity index (χ1) is 23.1. The lowest BCUT2D eigenvalue weighted by Gasteiger charge is -2.36. The Hall–Kier alpha value is -4.26. The van der Waals surface area contributed by atoms with Crippen LogP contribution >= 0.6 is 11.8 Å². The van der Waals surface area contributed by atoms with Crippen molar-refractivity contribution in [2.24, 2.45) is 0 Å². The minimum atomic E-state index is -4.40. The summed E-state index contributed by atoms with van der Waals surface area (Å²) in [5.41, 5.74) is 1.39. The van der Waals surface area contributed by atoms with Crippen LogP contribution in [0.25, 0.3) is 10.8 Å². The van der Waals surface area contributed by atoms with Crippen LogP contribution in [0.1, 0.15) is 18.9 Å². The molecule has 0 radical (unpaired) electrons. The van der Waals surface area contributed by atoms with Gasteiger partial charge in [0.25, 0.3) is 0 Å². The number of para-hydroxylation sites is 1. The molecular formula is C36H37F3N4O4S. The first kappa shape index (κ1) is 33.6. The van der Waals surface area contributed by atoms with Gasteiger partial charge >= 0.3 is 12.1 Å². The number of rotatable bonds is 11. The lowest BCUT2D eigenvalue weighted by molar-refractivity contribution is -0.146. The molecule has 8 nitrogen and oxygen atoms in total. The van der Waals surface area contributed by atoms with Gasteiger partial charge in [0, 0.05) is 56.0 Å². The molecule has 0 aromatic heterocycles. The molecule has 12 heteroatoms. The fraction of sp³-hybridized carbons (Fsp3) is 0.333. The van der Waals surface area contributed by atoms with Crippen molar-refractivity contribution >= 4 is 51.5 Å². The molecule has 0 aliphatic carbocycles. The number of alkyl halides is 3. The third-order valence-corrected chi connectivity index (χ3v) is 9.58. The molecular weight excluding hydrogens is 641 g/mol. The van der Waals surface area contributed by atoms with Crippen molar-refractivity contribution in [3.8, 4) is 5.75 Å². The fourth-order valence-electron chi connectivity index (χ4n) is 6.03. The van der Waals surface area contributed by atoms with E-state index in [1.54, 1.807) is 12.1 Å². The molecule has 4 aromatic rings. The van der Waals surface area contributed by atoms with Crippen LogP contribution in [0, 0.1) is 0 Å². The molecule has 1 amide bonds. The van der Waals surface area contributed by atoms with E-state index in [-0.39, 0.29) is 19.1 Å². The van der Waals surface area contributed by atoms with E-state index < -0.39 is 17.7 Å². The van der Waals surface area contributed by atoms with Gasteiger partial charge in [0.05, 0.1) is 22.6 Å². The number of halogens is 3. The summed E-state index contributed by atoms with van der Waals surface area (Å²) in [7, 11) is 0. The van der Waals surface area contributed by atoms with E-state index in [1.807, 2.05) is 59.5 Å². The zero-order valence-corrected chi connectivity index (χ0v) is 27.4. The van der Waals surface area contributed by atoms with Crippen molar-refractivity contribution in [2.75, 3.05) is 69.2 Å². The number of carbonyl (C=O) groups excluding carboxylic acids is 2. The minimum absolute atomic E-state index is 0.238. The van der Waals surface area contributed by atoms with Crippen molar-refractivity contribution in [3.63, 3.8) is 0 Å². The minimum Gasteiger partial charge on any atom is -0.480 e. The number of hydrogen-bond donors (Lipinski definition) is 1. The average Bonchev–Trinajstić information content (AvgIpc) is 3.06. The average molecular weight is 679 g/mol. The number of nitrogens with zero attached hydrogens (tertiary/aromatic N) is 3. The molecule has 1 N–H and O–H groups in total. The molecule has 0 saturated carbocycles. The number of esters is 1. The maximum absolute atomic E-state index is 13.5. The van der Waals surface area contributed by atoms with Crippen LogP contribution in [0.5, 0.6) is 5.75 Å². The van der Waals surface area contributed by atoms with Gasteiger partial charge in [0.15, 0.2) is 6.61 Å². The summed E-state index contributed by atoms with van der Waals surface area (Å²) in [5.74, 6) is -0.327. The third-order valence-electron chi connectivity index (χ3n) is 8.45. The molecule has 4 aromatic carbocycles. The maximum Gasteiger partial charge on any atom is 0.416 e. The molecule has 0 unspecified atom stereocenters. The highest BCUT2D eigenvalue weighted by Crippen LogP contribution is 2.49. The Balaban J connectivity index is 0.940. The molecule has 6 rings (SSSR count). The summed E-state index contributed by atoms with van der Waals surface area (Å²) in [5, 5.41) is 4.62. The first-order valence-electron chi connectivity index (χ1n) is 15.9. The number of carbonyl (C=O) groups is 2. The fourth-order valence-corrected chi connectivity index (χ4v) is 7.10. The standard InChI is InChI=1S/C36H37F3N4O4S/c1-25(44)40-29-21-26-7-2-3-8-27(26)22-32(29)47-24-35(45)46-20-19-42-17-15-41(16-18-42)13-6-14-43-30-9-4-5-10-33(30)48-34-12-11-28(23-31(34)43)36(37,38)39/h2-5,7-12,21-23H,6,13-20,24H2,1H3,(H,40,44). The van der Waals surface area contributed by atoms with E-state index >= 15 is 0 Å². The van der Waals surface area contributed by atoms with Gasteiger partial charge in [-0.15, -0.1) is 0 Å². The van der Waals surface area contributed by atoms with Crippen molar-refractivity contribution in [1.29, 1.82) is 0 Å². The molecule has 252 valence electrons. The first-order valence-corrected chi connectivity index (χ1v) is 16.7. The molecule has 0 atom stereocenters. The predicted octanol–water partition coefficient (Wildman–Crippen LogP) is 7.05. The van der Waals surface area contributed by atoms with Crippen LogP contribution in [-0.2, 0) is 20.5 Å². The van der Waals surface area contributed by atoms with Crippen LogP contribution in [0.4, 0.5) is 30.2 Å². The zero-order chi connectivity index (χ0) is 33.7. The maximum atomic E-state index is 13.5. The van der Waals surface area contributed by atoms with Gasteiger partial charge in [-0.2, -0.15) is 13.2 Å². The van der Waals surface area contributed by atoms with Crippen LogP contribution in [0.3, 0.4) is 0 Å². The highest BCUT2D eigenvalue weighted by Gasteiger charge is 2.33. The highest BCUT2D eigenvalue weighted by molar-refractivity contribution is 7.99. The smallest absolute Gasteiger partial charge is 0.416 e. The summed E-state index contributed by atoms with van der Waals surface area (Å²) in [6.07, 6.45) is -3.60. The molecule has 2 aliphatic rings. The number of nitrogens with one attached hydrogen (secondary N) is 1. The Morgan fingerprint density at radius 1 is 0.812 bits per heavy atom. The van der Waals surface area contributed by atoms with Gasteiger partial charge in [-0.3, -0.25) is 9.69 Å². The van der Waals surface area contributed by atoms with E-state index in [0.717, 1.165) is 71.5 Å². The second-order valence-electron chi connectivity index (χ2n) is 11.8. The second kappa shape index (κ2) is 14.9. The summed E-state index contributed by atoms with van der Waals surface area (Å²) < 4.78 is 51.8. The zero-order valence-electron chi connectivity index (χ0n) is 26.6. The highest BCUT2D eigenvalue weighted by atomic mass is 32.2. The molecule has 1 fully saturated rings. The van der Waals surface area contributed by atoms with Crippen LogP contribution in [-0.4, -0.2) is 80.7 Å². The van der Waals surface area contributed by atoms with Crippen molar-refractivity contribution in [3.05, 3.63) is 84.4 Å². The Bertz CT molecular complexity index is 1780. The summed E-state index contributed by atoms with van der Waals surface area (Å²) in [6.45, 7) is 6.78. The molecule has 48 heavy (non-hydrogen) atoms. The predicted molar refractivity (Wildman–Crippen MR) is 181 cm³/mol. The van der Waals surface area contributed by atoms with Crippen molar-refractivity contribution < 1.29 is 32.2 Å². The van der Waals surface area contributed by atoms with Crippen LogP contribution in [0.2, 0.25) is 0 Å². The summed E-state index contributed by atoms with van der Waals surface area (Å²) in [6, 6.07) is 23.1. The summed E-state index contributed by atoms with van der Waals surface area (Å²) >= 11 is 1.50. The van der Waals surface area contributed by atoms with Crippen molar-refractivity contribution in [2.45, 2.75) is 29.3 Å². The van der Waals surface area contributed by atoms with E-state index in [0.29, 0.717) is 30.2 Å². The van der Waals surface area contributed by atoms with E-state index in [2.05, 4.69) is 15.1 Å². The number of benzene rings is 4. The van der Waals surface area contributed by atoms with Gasteiger partial charge in [0.2, 0.25) is 5.91 Å². The molecule has 2 aliphatic heterocycles. The van der Waals surface area contributed by atoms with E-state index in [9.17, 15) is 22.8 Å². The Labute approximate surface area is 281 Å². The van der Waals surface area contributed by atoms with E-state index in [4.69, 9.17) is 9.47 Å². The molecule has 0 spiro atoms. The Morgan fingerprint density at radius 2 is 1.48 bits per heavy atom. The number of piperazine rings is 1. The molecule has 2 heterocycles. The number of anilines is 3. The second-order valence-corrected chi connectivity index (χ2v) is 12.9. The quantitative estimate of drug-likeness (QED) is 0.169. The normalized spacial score (nSPS) is 15.1. The topological polar surface area (TPSA) is 74.3 Å². The monoisotopic (exact) mass is 678 g/mol. The van der Waals surface area contributed by atoms with Gasteiger partial charge < -0.3 is 24.6 Å². The Morgan fingerprint density at radius 3 is 2.21 bits per heavy atom. The molecule has 1 saturated heterocycles. The van der Waals surface area contributed by atoms with Gasteiger partial charge in [-0.05, 0) is 66.2 Å². The van der Waals surface area contributed by atoms with Crippen LogP contribution in [0.15, 0.2) is 88.7 Å². The number of hydrogen-bond acceptors (Lipinski definition) is 8. The van der Waals surface area contributed by atoms with Crippen LogP contribution < -0.4 is 15.0 Å². The van der Waals surface area contributed by atoms with Crippen molar-refractivity contribution in [1.82, 2.24) is 9.80 Å². The number of amides is 1. The lowest BCUT2D eigenvalue weighted by Crippen LogP contribution is -2.47. The largest absolute Gasteiger partial charge is 0.480 e. The van der Waals surface area contributed by atoms with Gasteiger partial charge in [-0.25, -0.2) is 4.79 Å². The van der Waals surface area contributed by atoms with Gasteiger partial charge in [-0.1, -0.05) is 48.2 Å². The van der Waals surface area contributed by atoms with Gasteiger partial charge in [0.1, 0.15) is 12.4 Å². The number of ether oxygens (including phenoxy) is 2. The Kier molecular flexibility index (Phi) is 10.4. The third kappa shape index (κ3) is 8.23. The SMILES string of the molecule is CC(=O)Nc1cc2ccccc2cc1OCC(=O)OCCN1CCN(CCCN2c3ccccc3Sc3ccc(C(F)(F)F)cc32)CC1. The van der Waals surface area contributed by atoms with E-state index in [1.165, 1.54) is 24.8 Å². The number of fused-ring (bicyclic) bond motifs is 3.